The van der Waals surface area contributed by atoms with Crippen molar-refractivity contribution in [3.63, 3.8) is 0 Å². The molecule has 0 unspecified atom stereocenters. The molecule has 8 heteroatoms. The maximum atomic E-state index is 13.4. The van der Waals surface area contributed by atoms with Crippen molar-refractivity contribution in [1.82, 2.24) is 14.8 Å². The van der Waals surface area contributed by atoms with Crippen molar-refractivity contribution in [1.29, 1.82) is 0 Å². The van der Waals surface area contributed by atoms with Gasteiger partial charge >= 0.3 is 0 Å². The van der Waals surface area contributed by atoms with Gasteiger partial charge in [0.2, 0.25) is 0 Å². The van der Waals surface area contributed by atoms with Crippen LogP contribution in [-0.2, 0) is 5.75 Å². The quantitative estimate of drug-likeness (QED) is 0.207. The lowest BCUT2D eigenvalue weighted by Gasteiger charge is -2.11. The Morgan fingerprint density at radius 1 is 0.897 bits per heavy atom. The Morgan fingerprint density at radius 3 is 2.28 bits per heavy atom. The largest absolute Gasteiger partial charge is 0.270 e. The van der Waals surface area contributed by atoms with Crippen molar-refractivity contribution in [3.8, 4) is 17.1 Å². The number of hydrogen-bond donors (Lipinski definition) is 0. The van der Waals surface area contributed by atoms with Crippen molar-refractivity contribution in [2.24, 2.45) is 0 Å². The van der Waals surface area contributed by atoms with Crippen molar-refractivity contribution < 1.29 is 8.78 Å². The van der Waals surface area contributed by atoms with Crippen LogP contribution in [0.3, 0.4) is 0 Å². The average Bonchev–Trinajstić information content (AvgIpc) is 3.12. The molecule has 1 heterocycles. The maximum Gasteiger partial charge on any atom is 0.196 e. The van der Waals surface area contributed by atoms with Gasteiger partial charge in [-0.25, -0.2) is 8.78 Å². The van der Waals surface area contributed by atoms with Crippen molar-refractivity contribution in [2.45, 2.75) is 10.9 Å². The molecule has 0 aliphatic carbocycles. The van der Waals surface area contributed by atoms with E-state index in [0.29, 0.717) is 21.8 Å². The molecule has 146 valence electrons. The van der Waals surface area contributed by atoms with E-state index in [4.69, 9.17) is 11.6 Å². The lowest BCUT2D eigenvalue weighted by molar-refractivity contribution is 0.627. The van der Waals surface area contributed by atoms with Crippen LogP contribution in [0.15, 0.2) is 71.9 Å². The summed E-state index contributed by atoms with van der Waals surface area (Å²) < 4.78 is 29.7. The summed E-state index contributed by atoms with van der Waals surface area (Å²) in [5.74, 6) is 0.434. The first-order valence-corrected chi connectivity index (χ1v) is 11.0. The Kier molecular flexibility index (Phi) is 6.17. The van der Waals surface area contributed by atoms with Gasteiger partial charge in [0.25, 0.3) is 0 Å². The summed E-state index contributed by atoms with van der Waals surface area (Å²) in [6, 6.07) is 18.4. The topological polar surface area (TPSA) is 30.7 Å². The zero-order chi connectivity index (χ0) is 20.4. The number of thioether (sulfide) groups is 1. The summed E-state index contributed by atoms with van der Waals surface area (Å²) in [7, 11) is 0. The number of benzene rings is 3. The maximum absolute atomic E-state index is 13.4. The molecule has 1 aromatic heterocycles. The third-order valence-corrected chi connectivity index (χ3v) is 6.24. The third kappa shape index (κ3) is 4.62. The summed E-state index contributed by atoms with van der Waals surface area (Å²) in [5.41, 5.74) is 2.45. The van der Waals surface area contributed by atoms with Crippen LogP contribution in [0, 0.1) is 15.2 Å². The van der Waals surface area contributed by atoms with E-state index in [-0.39, 0.29) is 11.6 Å². The van der Waals surface area contributed by atoms with Crippen LogP contribution in [0.5, 0.6) is 0 Å². The number of nitrogens with zero attached hydrogens (tertiary/aromatic N) is 3. The highest BCUT2D eigenvalue weighted by molar-refractivity contribution is 14.1. The third-order valence-electron chi connectivity index (χ3n) is 4.19. The Bertz CT molecular complexity index is 1150. The second kappa shape index (κ2) is 8.81. The molecule has 0 N–H and O–H groups in total. The smallest absolute Gasteiger partial charge is 0.196 e. The molecule has 0 bridgehead atoms. The molecule has 0 spiro atoms. The number of halogens is 4. The van der Waals surface area contributed by atoms with Crippen molar-refractivity contribution >= 4 is 46.0 Å². The lowest BCUT2D eigenvalue weighted by Crippen LogP contribution is -2.00. The highest BCUT2D eigenvalue weighted by atomic mass is 127. The Balaban J connectivity index is 1.73. The minimum Gasteiger partial charge on any atom is -0.270 e. The van der Waals surface area contributed by atoms with E-state index in [1.54, 1.807) is 18.2 Å². The van der Waals surface area contributed by atoms with Gasteiger partial charge in [0.1, 0.15) is 11.6 Å². The Morgan fingerprint density at radius 2 is 1.59 bits per heavy atom. The molecule has 3 aromatic carbocycles. The second-order valence-corrected chi connectivity index (χ2v) is 8.74. The van der Waals surface area contributed by atoms with Crippen LogP contribution >= 0.6 is 46.0 Å². The van der Waals surface area contributed by atoms with Gasteiger partial charge < -0.3 is 0 Å². The molecule has 29 heavy (non-hydrogen) atoms. The fraction of sp³-hybridized carbons (Fsp3) is 0.0476. The summed E-state index contributed by atoms with van der Waals surface area (Å²) in [4.78, 5) is 0. The molecule has 4 rings (SSSR count). The van der Waals surface area contributed by atoms with E-state index in [1.165, 1.54) is 36.0 Å². The van der Waals surface area contributed by atoms with Gasteiger partial charge in [-0.15, -0.1) is 10.2 Å². The van der Waals surface area contributed by atoms with Gasteiger partial charge in [0.05, 0.1) is 0 Å². The number of hydrogen-bond acceptors (Lipinski definition) is 3. The fourth-order valence-electron chi connectivity index (χ4n) is 2.75. The van der Waals surface area contributed by atoms with E-state index in [1.807, 2.05) is 28.8 Å². The van der Waals surface area contributed by atoms with Crippen LogP contribution in [0.25, 0.3) is 17.1 Å². The van der Waals surface area contributed by atoms with Crippen LogP contribution in [0.4, 0.5) is 8.78 Å². The molecule has 0 amide bonds. The summed E-state index contributed by atoms with van der Waals surface area (Å²) >= 11 is 9.84. The predicted octanol–water partition coefficient (Wildman–Crippen LogP) is 6.76. The summed E-state index contributed by atoms with van der Waals surface area (Å²) in [5, 5.41) is 9.71. The molecule has 0 saturated heterocycles. The molecule has 0 radical (unpaired) electrons. The first kappa shape index (κ1) is 20.3. The van der Waals surface area contributed by atoms with Gasteiger partial charge in [-0.1, -0.05) is 29.4 Å². The summed E-state index contributed by atoms with van der Waals surface area (Å²) in [6.45, 7) is 0. The lowest BCUT2D eigenvalue weighted by atomic mass is 10.2. The SMILES string of the molecule is Fc1ccc(-c2nnc(SCc3ccc(F)cc3Cl)n2-c2ccc(I)cc2)cc1. The Labute approximate surface area is 189 Å². The van der Waals surface area contributed by atoms with Crippen LogP contribution in [0.1, 0.15) is 5.56 Å². The van der Waals surface area contributed by atoms with Gasteiger partial charge in [-0.05, 0) is 88.8 Å². The highest BCUT2D eigenvalue weighted by Crippen LogP contribution is 2.31. The zero-order valence-corrected chi connectivity index (χ0v) is 18.5. The summed E-state index contributed by atoms with van der Waals surface area (Å²) in [6.07, 6.45) is 0. The highest BCUT2D eigenvalue weighted by Gasteiger charge is 2.17. The predicted molar refractivity (Wildman–Crippen MR) is 120 cm³/mol. The molecule has 0 aliphatic heterocycles. The minimum absolute atomic E-state index is 0.311. The van der Waals surface area contributed by atoms with E-state index in [9.17, 15) is 8.78 Å². The minimum atomic E-state index is -0.371. The molecule has 0 saturated carbocycles. The van der Waals surface area contributed by atoms with E-state index < -0.39 is 0 Å². The number of rotatable bonds is 5. The zero-order valence-electron chi connectivity index (χ0n) is 14.8. The molecular weight excluding hydrogens is 527 g/mol. The van der Waals surface area contributed by atoms with E-state index >= 15 is 0 Å². The van der Waals surface area contributed by atoms with Crippen LogP contribution < -0.4 is 0 Å². The Hall–Kier alpha value is -1.97. The number of aromatic nitrogens is 3. The van der Waals surface area contributed by atoms with E-state index in [2.05, 4.69) is 32.8 Å². The molecular formula is C21H13ClF2IN3S. The fourth-order valence-corrected chi connectivity index (χ4v) is 4.38. The van der Waals surface area contributed by atoms with Gasteiger partial charge in [-0.2, -0.15) is 0 Å². The van der Waals surface area contributed by atoms with Crippen molar-refractivity contribution in [2.75, 3.05) is 0 Å². The molecule has 0 atom stereocenters. The van der Waals surface area contributed by atoms with Crippen molar-refractivity contribution in [3.05, 3.63) is 92.5 Å². The van der Waals surface area contributed by atoms with Gasteiger partial charge in [0.15, 0.2) is 11.0 Å². The molecule has 4 aromatic rings. The standard InChI is InChI=1S/C21H13ClF2IN3S/c22-19-11-16(24)6-3-14(19)12-29-21-27-26-20(13-1-4-15(23)5-2-13)28(21)18-9-7-17(25)8-10-18/h1-11H,12H2. The molecule has 0 fully saturated rings. The van der Waals surface area contributed by atoms with Crippen LogP contribution in [-0.4, -0.2) is 14.8 Å². The monoisotopic (exact) mass is 539 g/mol. The average molecular weight is 540 g/mol. The molecule has 0 aliphatic rings. The van der Waals surface area contributed by atoms with Gasteiger partial charge in [0, 0.05) is 25.6 Å². The van der Waals surface area contributed by atoms with Crippen LogP contribution in [0.2, 0.25) is 5.02 Å². The normalized spacial score (nSPS) is 11.0. The second-order valence-electron chi connectivity index (χ2n) is 6.15. The molecule has 3 nitrogen and oxygen atoms in total. The first-order valence-electron chi connectivity index (χ1n) is 8.55. The van der Waals surface area contributed by atoms with E-state index in [0.717, 1.165) is 20.4 Å². The van der Waals surface area contributed by atoms with Gasteiger partial charge in [-0.3, -0.25) is 4.57 Å². The first-order chi connectivity index (χ1) is 14.0.